The molecule has 0 amide bonds. The lowest BCUT2D eigenvalue weighted by Gasteiger charge is -2.22. The molecule has 0 aliphatic rings. The molecule has 112 valence electrons. The van der Waals surface area contributed by atoms with Gasteiger partial charge in [-0.25, -0.2) is 4.39 Å². The van der Waals surface area contributed by atoms with E-state index in [1.807, 2.05) is 39.0 Å². The minimum Gasteiger partial charge on any atom is -0.306 e. The first-order valence-electron chi connectivity index (χ1n) is 6.89. The van der Waals surface area contributed by atoms with Crippen LogP contribution in [0, 0.1) is 19.7 Å². The van der Waals surface area contributed by atoms with Crippen molar-refractivity contribution in [2.45, 2.75) is 26.8 Å². The second-order valence-corrected chi connectivity index (χ2v) is 6.44. The molecule has 1 nitrogen and oxygen atoms in total. The van der Waals surface area contributed by atoms with E-state index in [2.05, 4.69) is 21.2 Å². The molecule has 1 unspecified atom stereocenters. The fraction of sp³-hybridized carbons (Fsp3) is 0.294. The Morgan fingerprint density at radius 1 is 1.14 bits per heavy atom. The van der Waals surface area contributed by atoms with Gasteiger partial charge >= 0.3 is 0 Å². The van der Waals surface area contributed by atoms with E-state index < -0.39 is 0 Å². The standard InChI is InChI=1S/C17H18BrClFN/c1-4-21-17(13-6-5-12(18)9-16(13)20)14-7-10(2)11(3)8-15(14)19/h5-9,17,21H,4H2,1-3H3. The Hall–Kier alpha value is -0.900. The van der Waals surface area contributed by atoms with Crippen molar-refractivity contribution >= 4 is 27.5 Å². The third kappa shape index (κ3) is 3.65. The molecule has 0 aliphatic heterocycles. The van der Waals surface area contributed by atoms with Crippen molar-refractivity contribution in [2.75, 3.05) is 6.54 Å². The summed E-state index contributed by atoms with van der Waals surface area (Å²) in [7, 11) is 0. The zero-order valence-electron chi connectivity index (χ0n) is 12.3. The van der Waals surface area contributed by atoms with Crippen LogP contribution in [0.2, 0.25) is 5.02 Å². The lowest BCUT2D eigenvalue weighted by atomic mass is 9.95. The summed E-state index contributed by atoms with van der Waals surface area (Å²) in [6, 6.07) is 8.83. The Kier molecular flexibility index (Phi) is 5.42. The van der Waals surface area contributed by atoms with Gasteiger partial charge in [0.2, 0.25) is 0 Å². The highest BCUT2D eigenvalue weighted by Gasteiger charge is 2.20. The van der Waals surface area contributed by atoms with Crippen molar-refractivity contribution in [3.8, 4) is 0 Å². The first kappa shape index (κ1) is 16.5. The van der Waals surface area contributed by atoms with Crippen LogP contribution >= 0.6 is 27.5 Å². The number of aryl methyl sites for hydroxylation is 2. The van der Waals surface area contributed by atoms with Crippen molar-refractivity contribution in [3.63, 3.8) is 0 Å². The van der Waals surface area contributed by atoms with Crippen LogP contribution in [0.15, 0.2) is 34.8 Å². The molecular formula is C17H18BrClFN. The summed E-state index contributed by atoms with van der Waals surface area (Å²) in [4.78, 5) is 0. The molecule has 1 atom stereocenters. The molecule has 4 heteroatoms. The summed E-state index contributed by atoms with van der Waals surface area (Å²) in [5.74, 6) is -0.246. The van der Waals surface area contributed by atoms with Gasteiger partial charge in [0.15, 0.2) is 0 Å². The Morgan fingerprint density at radius 3 is 2.43 bits per heavy atom. The summed E-state index contributed by atoms with van der Waals surface area (Å²) in [6.45, 7) is 6.78. The van der Waals surface area contributed by atoms with Crippen LogP contribution in [0.5, 0.6) is 0 Å². The second-order valence-electron chi connectivity index (χ2n) is 5.11. The first-order valence-corrected chi connectivity index (χ1v) is 8.06. The third-order valence-electron chi connectivity index (χ3n) is 3.61. The molecule has 0 fully saturated rings. The monoisotopic (exact) mass is 369 g/mol. The number of nitrogens with one attached hydrogen (secondary N) is 1. The van der Waals surface area contributed by atoms with Crippen LogP contribution in [0.4, 0.5) is 4.39 Å². The highest BCUT2D eigenvalue weighted by atomic mass is 79.9. The predicted octanol–water partition coefficient (Wildman–Crippen LogP) is 5.56. The minimum atomic E-state index is -0.255. The van der Waals surface area contributed by atoms with Gasteiger partial charge in [-0.15, -0.1) is 0 Å². The predicted molar refractivity (Wildman–Crippen MR) is 90.5 cm³/mol. The molecule has 2 aromatic carbocycles. The van der Waals surface area contributed by atoms with Gasteiger partial charge in [0.05, 0.1) is 6.04 Å². The number of hydrogen-bond acceptors (Lipinski definition) is 1. The summed E-state index contributed by atoms with van der Waals surface area (Å²) in [5, 5.41) is 3.98. The van der Waals surface area contributed by atoms with E-state index >= 15 is 0 Å². The molecule has 0 aliphatic carbocycles. The second kappa shape index (κ2) is 6.91. The fourth-order valence-corrected chi connectivity index (χ4v) is 3.01. The van der Waals surface area contributed by atoms with Crippen molar-refractivity contribution in [1.82, 2.24) is 5.32 Å². The van der Waals surface area contributed by atoms with E-state index in [4.69, 9.17) is 11.6 Å². The van der Waals surface area contributed by atoms with E-state index in [-0.39, 0.29) is 11.9 Å². The van der Waals surface area contributed by atoms with Crippen LogP contribution in [0.3, 0.4) is 0 Å². The van der Waals surface area contributed by atoms with E-state index in [9.17, 15) is 4.39 Å². The van der Waals surface area contributed by atoms with Crippen LogP contribution in [-0.4, -0.2) is 6.54 Å². The molecule has 2 rings (SSSR count). The molecule has 0 saturated carbocycles. The number of rotatable bonds is 4. The fourth-order valence-electron chi connectivity index (χ4n) is 2.35. The summed E-state index contributed by atoms with van der Waals surface area (Å²) < 4.78 is 15.0. The van der Waals surface area contributed by atoms with Crippen LogP contribution < -0.4 is 5.32 Å². The topological polar surface area (TPSA) is 12.0 Å². The Morgan fingerprint density at radius 2 is 1.81 bits per heavy atom. The number of halogens is 3. The lowest BCUT2D eigenvalue weighted by molar-refractivity contribution is 0.558. The maximum absolute atomic E-state index is 14.3. The molecule has 0 aromatic heterocycles. The molecular weight excluding hydrogens is 353 g/mol. The van der Waals surface area contributed by atoms with E-state index in [1.165, 1.54) is 6.07 Å². The molecule has 0 spiro atoms. The van der Waals surface area contributed by atoms with Gasteiger partial charge in [0.1, 0.15) is 5.82 Å². The van der Waals surface area contributed by atoms with E-state index in [0.29, 0.717) is 10.6 Å². The lowest BCUT2D eigenvalue weighted by Crippen LogP contribution is -2.23. The molecule has 0 bridgehead atoms. The van der Waals surface area contributed by atoms with Crippen molar-refractivity contribution < 1.29 is 4.39 Å². The van der Waals surface area contributed by atoms with Crippen molar-refractivity contribution in [2.24, 2.45) is 0 Å². The highest BCUT2D eigenvalue weighted by Crippen LogP contribution is 2.32. The largest absolute Gasteiger partial charge is 0.306 e. The maximum atomic E-state index is 14.3. The zero-order chi connectivity index (χ0) is 15.6. The average Bonchev–Trinajstić information content (AvgIpc) is 2.41. The third-order valence-corrected chi connectivity index (χ3v) is 4.43. The summed E-state index contributed by atoms with van der Waals surface area (Å²) in [5.41, 5.74) is 3.79. The van der Waals surface area contributed by atoms with Gasteiger partial charge in [0.25, 0.3) is 0 Å². The Balaban J connectivity index is 2.55. The molecule has 0 saturated heterocycles. The van der Waals surface area contributed by atoms with Gasteiger partial charge < -0.3 is 5.32 Å². The van der Waals surface area contributed by atoms with Gasteiger partial charge in [0, 0.05) is 15.1 Å². The van der Waals surface area contributed by atoms with E-state index in [1.54, 1.807) is 6.07 Å². The zero-order valence-corrected chi connectivity index (χ0v) is 14.6. The number of benzene rings is 2. The van der Waals surface area contributed by atoms with Gasteiger partial charge in [-0.2, -0.15) is 0 Å². The first-order chi connectivity index (χ1) is 9.93. The van der Waals surface area contributed by atoms with E-state index in [0.717, 1.165) is 27.7 Å². The van der Waals surface area contributed by atoms with Gasteiger partial charge in [-0.3, -0.25) is 0 Å². The quantitative estimate of drug-likeness (QED) is 0.743. The van der Waals surface area contributed by atoms with Crippen molar-refractivity contribution in [3.05, 3.63) is 67.9 Å². The number of hydrogen-bond donors (Lipinski definition) is 1. The van der Waals surface area contributed by atoms with Crippen molar-refractivity contribution in [1.29, 1.82) is 0 Å². The normalized spacial score (nSPS) is 12.5. The molecule has 0 radical (unpaired) electrons. The van der Waals surface area contributed by atoms with Gasteiger partial charge in [-0.1, -0.05) is 46.6 Å². The van der Waals surface area contributed by atoms with Crippen LogP contribution in [-0.2, 0) is 0 Å². The maximum Gasteiger partial charge on any atom is 0.129 e. The van der Waals surface area contributed by atoms with Gasteiger partial charge in [-0.05, 0) is 55.3 Å². The summed E-state index contributed by atoms with van der Waals surface area (Å²) >= 11 is 9.68. The Labute approximate surface area is 138 Å². The highest BCUT2D eigenvalue weighted by molar-refractivity contribution is 9.10. The Bertz CT molecular complexity index is 657. The minimum absolute atomic E-state index is 0.246. The molecule has 2 aromatic rings. The van der Waals surface area contributed by atoms with Crippen LogP contribution in [0.1, 0.15) is 35.2 Å². The molecule has 0 heterocycles. The summed E-state index contributed by atoms with van der Waals surface area (Å²) in [6.07, 6.45) is 0. The average molecular weight is 371 g/mol. The SMILES string of the molecule is CCNC(c1ccc(Br)cc1F)c1cc(C)c(C)cc1Cl. The molecule has 21 heavy (non-hydrogen) atoms. The van der Waals surface area contributed by atoms with Crippen LogP contribution in [0.25, 0.3) is 0 Å². The molecule has 1 N–H and O–H groups in total. The smallest absolute Gasteiger partial charge is 0.129 e.